The van der Waals surface area contributed by atoms with Crippen LogP contribution < -0.4 is 5.32 Å². The highest BCUT2D eigenvalue weighted by atomic mass is 32.2. The van der Waals surface area contributed by atoms with E-state index in [0.717, 1.165) is 30.8 Å². The van der Waals surface area contributed by atoms with Crippen molar-refractivity contribution in [2.45, 2.75) is 44.4 Å². The van der Waals surface area contributed by atoms with Crippen LogP contribution in [-0.2, 0) is 9.53 Å². The SMILES string of the molecule is Cc1cc(C)n2nc(SCCC(=O)NCC3CCCO3)nc2n1. The van der Waals surface area contributed by atoms with Gasteiger partial charge in [0.05, 0.1) is 6.10 Å². The van der Waals surface area contributed by atoms with Crippen LogP contribution in [0, 0.1) is 13.8 Å². The van der Waals surface area contributed by atoms with Crippen LogP contribution in [0.3, 0.4) is 0 Å². The van der Waals surface area contributed by atoms with E-state index in [1.54, 1.807) is 4.52 Å². The summed E-state index contributed by atoms with van der Waals surface area (Å²) < 4.78 is 7.21. The lowest BCUT2D eigenvalue weighted by atomic mass is 10.2. The Labute approximate surface area is 139 Å². The van der Waals surface area contributed by atoms with E-state index in [2.05, 4.69) is 20.4 Å². The molecule has 0 aliphatic carbocycles. The van der Waals surface area contributed by atoms with Gasteiger partial charge in [-0.05, 0) is 32.8 Å². The van der Waals surface area contributed by atoms with E-state index < -0.39 is 0 Å². The summed E-state index contributed by atoms with van der Waals surface area (Å²) in [7, 11) is 0. The van der Waals surface area contributed by atoms with Crippen molar-refractivity contribution in [1.82, 2.24) is 24.9 Å². The van der Waals surface area contributed by atoms with Crippen molar-refractivity contribution >= 4 is 23.4 Å². The monoisotopic (exact) mass is 335 g/mol. The molecule has 1 saturated heterocycles. The molecule has 2 aromatic rings. The van der Waals surface area contributed by atoms with Crippen molar-refractivity contribution in [3.8, 4) is 0 Å². The highest BCUT2D eigenvalue weighted by Gasteiger charge is 2.16. The standard InChI is InChI=1S/C15H21N5O2S/c1-10-8-11(2)20-14(17-10)18-15(19-20)23-7-5-13(21)16-9-12-4-3-6-22-12/h8,12H,3-7,9H2,1-2H3,(H,16,21). The summed E-state index contributed by atoms with van der Waals surface area (Å²) in [6.45, 7) is 5.33. The van der Waals surface area contributed by atoms with E-state index in [-0.39, 0.29) is 12.0 Å². The van der Waals surface area contributed by atoms with Gasteiger partial charge in [0.15, 0.2) is 0 Å². The van der Waals surface area contributed by atoms with Gasteiger partial charge in [-0.2, -0.15) is 4.98 Å². The van der Waals surface area contributed by atoms with Crippen LogP contribution in [0.4, 0.5) is 0 Å². The van der Waals surface area contributed by atoms with Crippen LogP contribution in [0.2, 0.25) is 0 Å². The van der Waals surface area contributed by atoms with Gasteiger partial charge in [0.25, 0.3) is 5.78 Å². The molecule has 7 nitrogen and oxygen atoms in total. The maximum atomic E-state index is 11.8. The third kappa shape index (κ3) is 4.20. The summed E-state index contributed by atoms with van der Waals surface area (Å²) in [5.74, 6) is 1.29. The molecule has 23 heavy (non-hydrogen) atoms. The topological polar surface area (TPSA) is 81.4 Å². The molecule has 3 heterocycles. The molecule has 0 saturated carbocycles. The molecule has 0 aromatic carbocycles. The number of thioether (sulfide) groups is 1. The minimum absolute atomic E-state index is 0.0434. The number of carbonyl (C=O) groups excluding carboxylic acids is 1. The summed E-state index contributed by atoms with van der Waals surface area (Å²) in [5.41, 5.74) is 1.92. The molecule has 1 unspecified atom stereocenters. The van der Waals surface area contributed by atoms with Gasteiger partial charge in [-0.25, -0.2) is 9.50 Å². The molecule has 0 radical (unpaired) electrons. The van der Waals surface area contributed by atoms with E-state index in [1.807, 2.05) is 19.9 Å². The zero-order valence-corrected chi connectivity index (χ0v) is 14.2. The Hall–Kier alpha value is -1.67. The zero-order valence-electron chi connectivity index (χ0n) is 13.4. The number of aromatic nitrogens is 4. The number of nitrogens with zero attached hydrogens (tertiary/aromatic N) is 4. The number of amides is 1. The molecule has 3 rings (SSSR count). The average molecular weight is 335 g/mol. The molecule has 2 aromatic heterocycles. The molecular weight excluding hydrogens is 314 g/mol. The zero-order chi connectivity index (χ0) is 16.2. The first-order chi connectivity index (χ1) is 11.1. The van der Waals surface area contributed by atoms with Crippen molar-refractivity contribution < 1.29 is 9.53 Å². The van der Waals surface area contributed by atoms with Gasteiger partial charge < -0.3 is 10.1 Å². The number of carbonyl (C=O) groups is 1. The Morgan fingerprint density at radius 1 is 1.48 bits per heavy atom. The van der Waals surface area contributed by atoms with Crippen LogP contribution in [-0.4, -0.2) is 50.5 Å². The normalized spacial score (nSPS) is 17.7. The molecule has 0 spiro atoms. The summed E-state index contributed by atoms with van der Waals surface area (Å²) in [5, 5.41) is 7.98. The molecule has 1 aliphatic heterocycles. The third-order valence-corrected chi connectivity index (χ3v) is 4.55. The van der Waals surface area contributed by atoms with E-state index in [0.29, 0.717) is 29.7 Å². The third-order valence-electron chi connectivity index (χ3n) is 3.71. The van der Waals surface area contributed by atoms with Crippen molar-refractivity contribution in [2.24, 2.45) is 0 Å². The lowest BCUT2D eigenvalue weighted by Gasteiger charge is -2.10. The molecule has 124 valence electrons. The van der Waals surface area contributed by atoms with Gasteiger partial charge in [-0.3, -0.25) is 4.79 Å². The number of nitrogens with one attached hydrogen (secondary N) is 1. The minimum atomic E-state index is 0.0434. The van der Waals surface area contributed by atoms with E-state index >= 15 is 0 Å². The predicted octanol–water partition coefficient (Wildman–Crippen LogP) is 1.52. The number of hydrogen-bond donors (Lipinski definition) is 1. The summed E-state index contributed by atoms with van der Waals surface area (Å²) in [6.07, 6.45) is 2.75. The van der Waals surface area contributed by atoms with Crippen LogP contribution in [0.1, 0.15) is 30.7 Å². The van der Waals surface area contributed by atoms with Crippen LogP contribution >= 0.6 is 11.8 Å². The molecule has 8 heteroatoms. The number of fused-ring (bicyclic) bond motifs is 1. The lowest BCUT2D eigenvalue weighted by Crippen LogP contribution is -2.31. The van der Waals surface area contributed by atoms with Gasteiger partial charge in [0.1, 0.15) is 0 Å². The summed E-state index contributed by atoms with van der Waals surface area (Å²) in [6, 6.07) is 1.97. The minimum Gasteiger partial charge on any atom is -0.376 e. The largest absolute Gasteiger partial charge is 0.376 e. The first kappa shape index (κ1) is 16.2. The molecule has 1 fully saturated rings. The second kappa shape index (κ2) is 7.27. The number of rotatable bonds is 6. The highest BCUT2D eigenvalue weighted by Crippen LogP contribution is 2.16. The van der Waals surface area contributed by atoms with E-state index in [4.69, 9.17) is 4.74 Å². The van der Waals surface area contributed by atoms with E-state index in [9.17, 15) is 4.79 Å². The van der Waals surface area contributed by atoms with Crippen LogP contribution in [0.25, 0.3) is 5.78 Å². The second-order valence-corrected chi connectivity index (χ2v) is 6.74. The fourth-order valence-corrected chi connectivity index (χ4v) is 3.32. The molecule has 0 bridgehead atoms. The fraction of sp³-hybridized carbons (Fsp3) is 0.600. The molecule has 1 atom stereocenters. The van der Waals surface area contributed by atoms with Crippen molar-refractivity contribution in [2.75, 3.05) is 18.9 Å². The maximum absolute atomic E-state index is 11.8. The van der Waals surface area contributed by atoms with Crippen molar-refractivity contribution in [1.29, 1.82) is 0 Å². The Bertz CT molecular complexity index is 696. The quantitative estimate of drug-likeness (QED) is 0.806. The average Bonchev–Trinajstić information content (AvgIpc) is 3.14. The first-order valence-corrected chi connectivity index (χ1v) is 8.82. The number of ether oxygens (including phenoxy) is 1. The second-order valence-electron chi connectivity index (χ2n) is 5.68. The van der Waals surface area contributed by atoms with Gasteiger partial charge >= 0.3 is 0 Å². The Kier molecular flexibility index (Phi) is 5.12. The fourth-order valence-electron chi connectivity index (χ4n) is 2.57. The molecular formula is C15H21N5O2S. The summed E-state index contributed by atoms with van der Waals surface area (Å²) in [4.78, 5) is 20.6. The molecule has 1 aliphatic rings. The van der Waals surface area contributed by atoms with Gasteiger partial charge in [0.2, 0.25) is 11.1 Å². The highest BCUT2D eigenvalue weighted by molar-refractivity contribution is 7.99. The number of hydrogen-bond acceptors (Lipinski definition) is 6. The summed E-state index contributed by atoms with van der Waals surface area (Å²) >= 11 is 1.47. The van der Waals surface area contributed by atoms with Gasteiger partial charge in [-0.15, -0.1) is 5.10 Å². The van der Waals surface area contributed by atoms with Crippen molar-refractivity contribution in [3.63, 3.8) is 0 Å². The smallest absolute Gasteiger partial charge is 0.253 e. The Morgan fingerprint density at radius 3 is 3.13 bits per heavy atom. The predicted molar refractivity (Wildman–Crippen MR) is 87.6 cm³/mol. The van der Waals surface area contributed by atoms with Gasteiger partial charge in [0, 0.05) is 36.7 Å². The first-order valence-electron chi connectivity index (χ1n) is 7.84. The lowest BCUT2D eigenvalue weighted by molar-refractivity contribution is -0.121. The number of aryl methyl sites for hydroxylation is 2. The van der Waals surface area contributed by atoms with Gasteiger partial charge in [-0.1, -0.05) is 11.8 Å². The molecule has 1 N–H and O–H groups in total. The van der Waals surface area contributed by atoms with Crippen molar-refractivity contribution in [3.05, 3.63) is 17.5 Å². The maximum Gasteiger partial charge on any atom is 0.253 e. The Balaban J connectivity index is 1.46. The van der Waals surface area contributed by atoms with Crippen LogP contribution in [0.15, 0.2) is 11.2 Å². The van der Waals surface area contributed by atoms with E-state index in [1.165, 1.54) is 11.8 Å². The Morgan fingerprint density at radius 2 is 2.35 bits per heavy atom. The van der Waals surface area contributed by atoms with Crippen LogP contribution in [0.5, 0.6) is 0 Å². The molecule has 1 amide bonds.